The van der Waals surface area contributed by atoms with Crippen molar-refractivity contribution in [1.82, 2.24) is 4.98 Å². The van der Waals surface area contributed by atoms with Crippen molar-refractivity contribution in [2.45, 2.75) is 22.6 Å². The number of non-ortho nitro benzene ring substituents is 1. The number of nitro benzene ring substituents is 1. The van der Waals surface area contributed by atoms with Crippen LogP contribution in [0.1, 0.15) is 22.8 Å². The quantitative estimate of drug-likeness (QED) is 0.134. The molecule has 8 rings (SSSR count). The molecule has 48 heavy (non-hydrogen) atoms. The number of ether oxygens (including phenoxy) is 1. The summed E-state index contributed by atoms with van der Waals surface area (Å²) < 4.78 is 20.2. The number of benzene rings is 3. The molecule has 3 amide bonds. The lowest BCUT2D eigenvalue weighted by Crippen LogP contribution is -2.42. The van der Waals surface area contributed by atoms with E-state index in [1.165, 1.54) is 53.4 Å². The number of hydrogen-bond acceptors (Lipinski definition) is 9. The maximum absolute atomic E-state index is 14.1. The maximum Gasteiger partial charge on any atom is 0.305 e. The molecular formula is C33H24BrFN4O7S2. The molecule has 2 aliphatic heterocycles. The number of aromatic nitrogens is 1. The number of nitrogens with zero attached hydrogens (tertiary/aromatic N) is 2. The third kappa shape index (κ3) is 4.98. The highest BCUT2D eigenvalue weighted by molar-refractivity contribution is 9.10. The van der Waals surface area contributed by atoms with Crippen LogP contribution in [0.15, 0.2) is 81.0 Å². The number of imide groups is 1. The molecule has 2 bridgehead atoms. The Hall–Kier alpha value is -4.34. The highest BCUT2D eigenvalue weighted by Gasteiger charge is 2.70. The second-order valence-electron chi connectivity index (χ2n) is 12.3. The maximum atomic E-state index is 14.1. The lowest BCUT2D eigenvalue weighted by molar-refractivity contribution is -0.384. The molecule has 15 heteroatoms. The molecule has 2 aliphatic carbocycles. The predicted molar refractivity (Wildman–Crippen MR) is 179 cm³/mol. The minimum Gasteiger partial charge on any atom is -0.483 e. The van der Waals surface area contributed by atoms with E-state index in [0.717, 1.165) is 31.3 Å². The van der Waals surface area contributed by atoms with Crippen molar-refractivity contribution in [2.75, 3.05) is 16.8 Å². The van der Waals surface area contributed by atoms with Gasteiger partial charge in [0.2, 0.25) is 11.8 Å². The predicted octanol–water partition coefficient (Wildman–Crippen LogP) is 5.94. The van der Waals surface area contributed by atoms with Gasteiger partial charge in [-0.25, -0.2) is 4.39 Å². The largest absolute Gasteiger partial charge is 0.483 e. The number of nitro groups is 1. The van der Waals surface area contributed by atoms with Crippen molar-refractivity contribution in [2.24, 2.45) is 29.6 Å². The Morgan fingerprint density at radius 3 is 2.46 bits per heavy atom. The van der Waals surface area contributed by atoms with E-state index in [0.29, 0.717) is 23.5 Å². The van der Waals surface area contributed by atoms with Gasteiger partial charge in [-0.3, -0.25) is 34.2 Å². The Labute approximate surface area is 288 Å². The first-order valence-corrected chi connectivity index (χ1v) is 17.6. The van der Waals surface area contributed by atoms with Crippen molar-refractivity contribution in [3.8, 4) is 5.75 Å². The second-order valence-corrected chi connectivity index (χ2v) is 15.4. The summed E-state index contributed by atoms with van der Waals surface area (Å²) in [6.07, 6.45) is 0.670. The Bertz CT molecular complexity index is 2070. The van der Waals surface area contributed by atoms with E-state index in [-0.39, 0.29) is 57.9 Å². The molecule has 4 aliphatic rings. The molecule has 0 unspecified atom stereocenters. The average Bonchev–Trinajstić information content (AvgIpc) is 3.80. The van der Waals surface area contributed by atoms with Crippen LogP contribution in [-0.4, -0.2) is 39.5 Å². The van der Waals surface area contributed by atoms with Crippen LogP contribution in [0.2, 0.25) is 0 Å². The standard InChI is InChI=1S/C33H24BrFN4O7S2/c34-14-1-10-22(46-13-23(40)36-16-4-2-15(35)3-5-16)19(11-14)24-25-20-12-21(28(25)47-30-29(24)48-33(43)37-30)27-26(20)31(41)38(32(27)42)17-6-8-18(9-7-17)39(44)45/h1-11,20-21,24-28H,12-13H2,(H,36,40)(H,37,43)/t20-,21-,24+,25-,26+,27+,28-/m1/s1. The minimum absolute atomic E-state index is 0.0823. The summed E-state index contributed by atoms with van der Waals surface area (Å²) in [6, 6.07) is 16.3. The summed E-state index contributed by atoms with van der Waals surface area (Å²) in [5.41, 5.74) is 1.34. The lowest BCUT2D eigenvalue weighted by Gasteiger charge is -2.43. The van der Waals surface area contributed by atoms with E-state index in [2.05, 4.69) is 26.2 Å². The Kier molecular flexibility index (Phi) is 7.53. The number of carbonyl (C=O) groups excluding carboxylic acids is 3. The molecule has 7 atom stereocenters. The van der Waals surface area contributed by atoms with Gasteiger partial charge < -0.3 is 15.0 Å². The van der Waals surface area contributed by atoms with Crippen molar-refractivity contribution >= 4 is 73.8 Å². The molecular weight excluding hydrogens is 727 g/mol. The van der Waals surface area contributed by atoms with Gasteiger partial charge in [0.15, 0.2) is 6.61 Å². The van der Waals surface area contributed by atoms with E-state index in [4.69, 9.17) is 4.74 Å². The number of hydrogen-bond donors (Lipinski definition) is 2. The van der Waals surface area contributed by atoms with Crippen LogP contribution < -0.4 is 19.8 Å². The summed E-state index contributed by atoms with van der Waals surface area (Å²) >= 11 is 6.24. The van der Waals surface area contributed by atoms with Crippen LogP contribution in [0.25, 0.3) is 0 Å². The zero-order valence-electron chi connectivity index (χ0n) is 24.6. The molecule has 3 fully saturated rings. The van der Waals surface area contributed by atoms with Gasteiger partial charge in [0.05, 0.1) is 27.5 Å². The first kappa shape index (κ1) is 31.0. The molecule has 11 nitrogen and oxygen atoms in total. The number of amides is 3. The number of nitrogens with one attached hydrogen (secondary N) is 2. The lowest BCUT2D eigenvalue weighted by atomic mass is 9.68. The van der Waals surface area contributed by atoms with Gasteiger partial charge in [-0.1, -0.05) is 27.3 Å². The van der Waals surface area contributed by atoms with E-state index in [9.17, 15) is 33.7 Å². The second kappa shape index (κ2) is 11.7. The zero-order valence-corrected chi connectivity index (χ0v) is 27.9. The fourth-order valence-electron chi connectivity index (χ4n) is 8.11. The number of anilines is 2. The SMILES string of the molecule is O=C(COc1ccc(Br)cc1[C@@H]1c2sc(=O)[nH]c2S[C@@H]2[C@@H]3C[C@@H]([C@@H]4C(=O)N(c5ccc([N+](=O)[O-])cc5)C(=O)[C@@H]34)[C@H]12)Nc1ccc(F)cc1. The first-order chi connectivity index (χ1) is 23.1. The Morgan fingerprint density at radius 1 is 1.04 bits per heavy atom. The zero-order chi connectivity index (χ0) is 33.4. The Balaban J connectivity index is 1.13. The average molecular weight is 752 g/mol. The third-order valence-electron chi connectivity index (χ3n) is 9.84. The minimum atomic E-state index is -0.572. The van der Waals surface area contributed by atoms with Gasteiger partial charge in [0.1, 0.15) is 11.6 Å². The van der Waals surface area contributed by atoms with Crippen molar-refractivity contribution < 1.29 is 28.4 Å². The van der Waals surface area contributed by atoms with Crippen molar-refractivity contribution in [3.63, 3.8) is 0 Å². The van der Waals surface area contributed by atoms with Crippen LogP contribution in [0.3, 0.4) is 0 Å². The molecule has 244 valence electrons. The van der Waals surface area contributed by atoms with Crippen molar-refractivity contribution in [1.29, 1.82) is 0 Å². The fourth-order valence-corrected chi connectivity index (χ4v) is 11.4. The van der Waals surface area contributed by atoms with Gasteiger partial charge >= 0.3 is 4.87 Å². The summed E-state index contributed by atoms with van der Waals surface area (Å²) in [6.45, 7) is -0.328. The van der Waals surface area contributed by atoms with Crippen LogP contribution >= 0.6 is 39.0 Å². The number of halogens is 2. The molecule has 3 aromatic carbocycles. The van der Waals surface area contributed by atoms with Gasteiger partial charge in [-0.2, -0.15) is 0 Å². The number of aromatic amines is 1. The Morgan fingerprint density at radius 2 is 1.75 bits per heavy atom. The molecule has 4 aromatic rings. The van der Waals surface area contributed by atoms with E-state index >= 15 is 0 Å². The van der Waals surface area contributed by atoms with E-state index < -0.39 is 28.5 Å². The molecule has 2 N–H and O–H groups in total. The van der Waals surface area contributed by atoms with E-state index in [1.807, 2.05) is 6.07 Å². The summed E-state index contributed by atoms with van der Waals surface area (Å²) in [5, 5.41) is 14.5. The highest BCUT2D eigenvalue weighted by Crippen LogP contribution is 2.69. The molecule has 1 saturated heterocycles. The fraction of sp³-hybridized carbons (Fsp3) is 0.273. The first-order valence-electron chi connectivity index (χ1n) is 15.1. The van der Waals surface area contributed by atoms with E-state index in [1.54, 1.807) is 23.9 Å². The molecule has 2 saturated carbocycles. The topological polar surface area (TPSA) is 152 Å². The third-order valence-corrected chi connectivity index (χ3v) is 12.9. The van der Waals surface area contributed by atoms with Crippen LogP contribution in [-0.2, 0) is 14.4 Å². The number of rotatable bonds is 7. The molecule has 1 aromatic heterocycles. The smallest absolute Gasteiger partial charge is 0.305 e. The summed E-state index contributed by atoms with van der Waals surface area (Å²) in [7, 11) is 0. The monoisotopic (exact) mass is 750 g/mol. The van der Waals surface area contributed by atoms with Crippen LogP contribution in [0.4, 0.5) is 21.5 Å². The molecule has 0 radical (unpaired) electrons. The van der Waals surface area contributed by atoms with Gasteiger partial charge in [0.25, 0.3) is 11.6 Å². The van der Waals surface area contributed by atoms with Gasteiger partial charge in [-0.15, -0.1) is 11.8 Å². The molecule has 0 spiro atoms. The van der Waals surface area contributed by atoms with Gasteiger partial charge in [0, 0.05) is 43.9 Å². The normalized spacial score (nSPS) is 26.6. The number of carbonyl (C=O) groups is 3. The summed E-state index contributed by atoms with van der Waals surface area (Å²) in [5.74, 6) is -2.95. The van der Waals surface area contributed by atoms with Crippen LogP contribution in [0.5, 0.6) is 5.75 Å². The molecule has 3 heterocycles. The van der Waals surface area contributed by atoms with Crippen LogP contribution in [0, 0.1) is 45.5 Å². The number of fused-ring (bicyclic) bond motifs is 9. The summed E-state index contributed by atoms with van der Waals surface area (Å²) in [4.78, 5) is 68.9. The van der Waals surface area contributed by atoms with Crippen molar-refractivity contribution in [3.05, 3.63) is 107 Å². The number of thiazole rings is 1. The highest BCUT2D eigenvalue weighted by atomic mass is 79.9. The number of thioether (sulfide) groups is 1. The number of H-pyrrole nitrogens is 1. The van der Waals surface area contributed by atoms with Gasteiger partial charge in [-0.05, 0) is 78.8 Å².